The first kappa shape index (κ1) is 21.5. The Bertz CT molecular complexity index is 1170. The molecule has 0 aliphatic carbocycles. The Morgan fingerprint density at radius 3 is 2.33 bits per heavy atom. The number of hydrogen-bond acceptors (Lipinski definition) is 4. The quantitative estimate of drug-likeness (QED) is 0.555. The van der Waals surface area contributed by atoms with Crippen molar-refractivity contribution >= 4 is 8.32 Å². The molecule has 0 amide bonds. The fraction of sp³-hybridized carbons (Fsp3) is 0.292. The topological polar surface area (TPSA) is 78.8 Å². The Hall–Kier alpha value is -3.17. The van der Waals surface area contributed by atoms with Crippen LogP contribution in [0.25, 0.3) is 22.4 Å². The Morgan fingerprint density at radius 1 is 1.07 bits per heavy atom. The van der Waals surface area contributed by atoms with Gasteiger partial charge in [-0.25, -0.2) is 0 Å². The summed E-state index contributed by atoms with van der Waals surface area (Å²) in [5.74, 6) is 0.761. The van der Waals surface area contributed by atoms with E-state index in [2.05, 4.69) is 49.9 Å². The summed E-state index contributed by atoms with van der Waals surface area (Å²) in [6, 6.07) is 13.5. The molecule has 0 radical (unpaired) electrons. The summed E-state index contributed by atoms with van der Waals surface area (Å²) in [6.45, 7) is 12.9. The maximum atomic E-state index is 12.7. The van der Waals surface area contributed by atoms with E-state index in [4.69, 9.17) is 4.43 Å². The molecule has 30 heavy (non-hydrogen) atoms. The third-order valence-electron chi connectivity index (χ3n) is 5.81. The van der Waals surface area contributed by atoms with Crippen molar-refractivity contribution in [2.75, 3.05) is 0 Å². The largest absolute Gasteiger partial charge is 0.543 e. The highest BCUT2D eigenvalue weighted by Gasteiger charge is 2.39. The van der Waals surface area contributed by atoms with E-state index >= 15 is 0 Å². The highest BCUT2D eigenvalue weighted by atomic mass is 28.4. The van der Waals surface area contributed by atoms with Crippen LogP contribution in [0.2, 0.25) is 18.1 Å². The van der Waals surface area contributed by atoms with Gasteiger partial charge in [0, 0.05) is 29.2 Å². The van der Waals surface area contributed by atoms with E-state index in [1.165, 1.54) is 0 Å². The standard InChI is InChI=1S/C24H27N3O2Si/c1-16-7-8-18(29-30(5,6)24(2,3)4)13-19(16)20-14-22(17-9-11-26-12-10-17)27-23(28)21(20)15-25/h7-14H,1-6H3,(H,27,28). The Morgan fingerprint density at radius 2 is 1.73 bits per heavy atom. The Balaban J connectivity index is 2.17. The minimum atomic E-state index is -2.02. The van der Waals surface area contributed by atoms with Gasteiger partial charge in [0.25, 0.3) is 5.56 Å². The minimum Gasteiger partial charge on any atom is -0.543 e. The third kappa shape index (κ3) is 4.21. The van der Waals surface area contributed by atoms with Crippen LogP contribution in [0.4, 0.5) is 0 Å². The van der Waals surface area contributed by atoms with Crippen LogP contribution in [0.15, 0.2) is 53.6 Å². The summed E-state index contributed by atoms with van der Waals surface area (Å²) in [4.78, 5) is 19.5. The SMILES string of the molecule is Cc1ccc(O[Si](C)(C)C(C)(C)C)cc1-c1cc(-c2ccncc2)[nH]c(=O)c1C#N. The van der Waals surface area contributed by atoms with Crippen molar-refractivity contribution in [1.82, 2.24) is 9.97 Å². The van der Waals surface area contributed by atoms with Gasteiger partial charge >= 0.3 is 0 Å². The van der Waals surface area contributed by atoms with Crippen molar-refractivity contribution < 1.29 is 4.43 Å². The second kappa shape index (κ2) is 7.92. The Kier molecular flexibility index (Phi) is 5.69. The molecule has 0 fully saturated rings. The van der Waals surface area contributed by atoms with Gasteiger partial charge in [0.2, 0.25) is 8.32 Å². The van der Waals surface area contributed by atoms with E-state index in [1.54, 1.807) is 12.4 Å². The molecule has 0 saturated heterocycles. The molecule has 6 heteroatoms. The summed E-state index contributed by atoms with van der Waals surface area (Å²) in [6.07, 6.45) is 3.34. The number of aromatic amines is 1. The van der Waals surface area contributed by atoms with Gasteiger partial charge in [-0.05, 0) is 66.5 Å². The van der Waals surface area contributed by atoms with Crippen molar-refractivity contribution in [1.29, 1.82) is 5.26 Å². The number of H-pyrrole nitrogens is 1. The molecule has 0 aliphatic rings. The number of pyridine rings is 2. The van der Waals surface area contributed by atoms with Crippen LogP contribution in [-0.4, -0.2) is 18.3 Å². The lowest BCUT2D eigenvalue weighted by Crippen LogP contribution is -2.43. The molecule has 1 aromatic carbocycles. The normalized spacial score (nSPS) is 11.8. The predicted octanol–water partition coefficient (Wildman–Crippen LogP) is 5.67. The first-order chi connectivity index (χ1) is 14.0. The molecule has 0 spiro atoms. The number of nitrogens with one attached hydrogen (secondary N) is 1. The number of hydrogen-bond donors (Lipinski definition) is 1. The molecule has 0 unspecified atom stereocenters. The second-order valence-corrected chi connectivity index (χ2v) is 13.7. The monoisotopic (exact) mass is 417 g/mol. The van der Waals surface area contributed by atoms with Crippen LogP contribution < -0.4 is 9.99 Å². The van der Waals surface area contributed by atoms with E-state index in [9.17, 15) is 10.1 Å². The van der Waals surface area contributed by atoms with Crippen molar-refractivity contribution in [3.63, 3.8) is 0 Å². The zero-order chi connectivity index (χ0) is 22.1. The summed E-state index contributed by atoms with van der Waals surface area (Å²) in [5, 5.41) is 9.73. The number of nitrogens with zero attached hydrogens (tertiary/aromatic N) is 2. The summed E-state index contributed by atoms with van der Waals surface area (Å²) >= 11 is 0. The summed E-state index contributed by atoms with van der Waals surface area (Å²) in [7, 11) is -2.02. The van der Waals surface area contributed by atoms with Crippen LogP contribution in [0.3, 0.4) is 0 Å². The highest BCUT2D eigenvalue weighted by Crippen LogP contribution is 2.39. The fourth-order valence-electron chi connectivity index (χ4n) is 2.97. The van der Waals surface area contributed by atoms with Crippen molar-refractivity contribution in [3.05, 3.63) is 70.3 Å². The smallest absolute Gasteiger partial charge is 0.266 e. The molecule has 154 valence electrons. The maximum Gasteiger partial charge on any atom is 0.266 e. The van der Waals surface area contributed by atoms with Crippen molar-refractivity contribution in [2.24, 2.45) is 0 Å². The van der Waals surface area contributed by atoms with Crippen molar-refractivity contribution in [2.45, 2.75) is 45.8 Å². The molecule has 2 heterocycles. The number of rotatable bonds is 4. The van der Waals surface area contributed by atoms with E-state index in [0.29, 0.717) is 11.3 Å². The average Bonchev–Trinajstić information content (AvgIpc) is 2.68. The molecule has 3 aromatic rings. The number of benzene rings is 1. The number of aryl methyl sites for hydroxylation is 1. The van der Waals surface area contributed by atoms with Crippen LogP contribution >= 0.6 is 0 Å². The van der Waals surface area contributed by atoms with Gasteiger partial charge in [0.15, 0.2) is 0 Å². The first-order valence-corrected chi connectivity index (χ1v) is 12.8. The molecular weight excluding hydrogens is 390 g/mol. The zero-order valence-electron chi connectivity index (χ0n) is 18.3. The third-order valence-corrected chi connectivity index (χ3v) is 10.2. The van der Waals surface area contributed by atoms with Crippen LogP contribution in [-0.2, 0) is 0 Å². The predicted molar refractivity (Wildman–Crippen MR) is 123 cm³/mol. The Labute approximate surface area is 178 Å². The van der Waals surface area contributed by atoms with Crippen LogP contribution in [0.1, 0.15) is 31.9 Å². The molecule has 0 bridgehead atoms. The second-order valence-electron chi connectivity index (χ2n) is 8.99. The fourth-order valence-corrected chi connectivity index (χ4v) is 4.00. The molecule has 5 nitrogen and oxygen atoms in total. The average molecular weight is 418 g/mol. The van der Waals surface area contributed by atoms with Gasteiger partial charge in [0.1, 0.15) is 17.4 Å². The van der Waals surface area contributed by atoms with Gasteiger partial charge in [-0.15, -0.1) is 0 Å². The van der Waals surface area contributed by atoms with Gasteiger partial charge in [0.05, 0.1) is 0 Å². The lowest BCUT2D eigenvalue weighted by molar-refractivity contribution is 0.492. The molecule has 0 saturated carbocycles. The van der Waals surface area contributed by atoms with Gasteiger partial charge in [-0.1, -0.05) is 26.8 Å². The van der Waals surface area contributed by atoms with E-state index in [-0.39, 0.29) is 10.6 Å². The molecule has 0 atom stereocenters. The van der Waals surface area contributed by atoms with Gasteiger partial charge < -0.3 is 9.41 Å². The van der Waals surface area contributed by atoms with Crippen LogP contribution in [0.5, 0.6) is 5.75 Å². The molecule has 0 aliphatic heterocycles. The van der Waals surface area contributed by atoms with E-state index in [0.717, 1.165) is 22.4 Å². The van der Waals surface area contributed by atoms with E-state index in [1.807, 2.05) is 43.3 Å². The minimum absolute atomic E-state index is 0.0638. The summed E-state index contributed by atoms with van der Waals surface area (Å²) < 4.78 is 6.46. The number of nitriles is 1. The lowest BCUT2D eigenvalue weighted by atomic mass is 9.95. The van der Waals surface area contributed by atoms with E-state index < -0.39 is 13.9 Å². The van der Waals surface area contributed by atoms with Crippen LogP contribution in [0, 0.1) is 18.3 Å². The van der Waals surface area contributed by atoms with Gasteiger partial charge in [-0.3, -0.25) is 9.78 Å². The molecule has 2 aromatic heterocycles. The first-order valence-electron chi connectivity index (χ1n) is 9.91. The molecule has 3 rings (SSSR count). The maximum absolute atomic E-state index is 12.7. The highest BCUT2D eigenvalue weighted by molar-refractivity contribution is 6.74. The zero-order valence-corrected chi connectivity index (χ0v) is 19.3. The lowest BCUT2D eigenvalue weighted by Gasteiger charge is -2.36. The van der Waals surface area contributed by atoms with Crippen molar-refractivity contribution in [3.8, 4) is 34.2 Å². The molecule has 1 N–H and O–H groups in total. The number of aromatic nitrogens is 2. The summed E-state index contributed by atoms with van der Waals surface area (Å²) in [5.41, 5.74) is 3.57. The molecular formula is C24H27N3O2Si. The van der Waals surface area contributed by atoms with Gasteiger partial charge in [-0.2, -0.15) is 5.26 Å².